The second kappa shape index (κ2) is 8.74. The van der Waals surface area contributed by atoms with E-state index in [1.54, 1.807) is 43.5 Å². The Bertz CT molecular complexity index is 867. The van der Waals surface area contributed by atoms with Crippen LogP contribution in [0.15, 0.2) is 72.3 Å². The zero-order chi connectivity index (χ0) is 20.0. The molecule has 0 amide bonds. The molecule has 0 aliphatic heterocycles. The summed E-state index contributed by atoms with van der Waals surface area (Å²) in [6, 6.07) is 14.2. The molecule has 2 aromatic carbocycles. The van der Waals surface area contributed by atoms with Gasteiger partial charge in [0.2, 0.25) is 0 Å². The highest BCUT2D eigenvalue weighted by molar-refractivity contribution is 6.12. The fraction of sp³-hybridized carbons (Fsp3) is 0.250. The zero-order valence-electron chi connectivity index (χ0n) is 16.6. The lowest BCUT2D eigenvalue weighted by Gasteiger charge is -2.23. The molecule has 0 radical (unpaired) electrons. The van der Waals surface area contributed by atoms with Crippen LogP contribution >= 0.6 is 0 Å². The lowest BCUT2D eigenvalue weighted by atomic mass is 9.94. The molecular formula is C24H26O3. The maximum absolute atomic E-state index is 12.7. The van der Waals surface area contributed by atoms with Gasteiger partial charge in [0, 0.05) is 29.4 Å². The van der Waals surface area contributed by atoms with Crippen molar-refractivity contribution >= 4 is 11.6 Å². The molecule has 0 spiro atoms. The lowest BCUT2D eigenvalue weighted by Crippen LogP contribution is -2.19. The Balaban J connectivity index is 2.22. The topological polar surface area (TPSA) is 43.4 Å². The highest BCUT2D eigenvalue weighted by atomic mass is 16.5. The summed E-state index contributed by atoms with van der Waals surface area (Å²) < 4.78 is 5.46. The van der Waals surface area contributed by atoms with Crippen LogP contribution < -0.4 is 0 Å². The number of Topliss-reactive ketones (excluding diaryl/α,β-unsaturated/α-hetero) is 1. The van der Waals surface area contributed by atoms with Gasteiger partial charge in [-0.05, 0) is 33.3 Å². The molecule has 0 unspecified atom stereocenters. The van der Waals surface area contributed by atoms with Crippen LogP contribution in [0.3, 0.4) is 0 Å². The average molecular weight is 362 g/mol. The minimum atomic E-state index is -0.402. The van der Waals surface area contributed by atoms with Crippen molar-refractivity contribution in [1.82, 2.24) is 0 Å². The number of benzene rings is 2. The molecule has 0 aromatic heterocycles. The quantitative estimate of drug-likeness (QED) is 0.371. The third kappa shape index (κ3) is 4.69. The number of hydrogen-bond acceptors (Lipinski definition) is 3. The average Bonchev–Trinajstić information content (AvgIpc) is 2.71. The molecule has 0 saturated heterocycles. The number of hydrogen-bond donors (Lipinski definition) is 0. The second-order valence-electron chi connectivity index (χ2n) is 6.77. The third-order valence-electron chi connectivity index (χ3n) is 4.68. The molecule has 2 aromatic rings. The standard InChI is InChI=1S/C24H26O3/c1-6-8-17(7-2)22(25)18-9-11-19(12-10-18)23(26)20-13-15-21(16-14-20)24(3,4)27-5/h6-16H,1-5H3/b8-6-,17-7+. The largest absolute Gasteiger partial charge is 0.374 e. The van der Waals surface area contributed by atoms with Crippen LogP contribution in [0, 0.1) is 0 Å². The molecule has 0 saturated carbocycles. The first kappa shape index (κ1) is 20.5. The fourth-order valence-electron chi connectivity index (χ4n) is 2.73. The van der Waals surface area contributed by atoms with Crippen molar-refractivity contribution < 1.29 is 14.3 Å². The minimum Gasteiger partial charge on any atom is -0.374 e. The predicted octanol–water partition coefficient (Wildman–Crippen LogP) is 5.50. The molecule has 0 aliphatic carbocycles. The first-order valence-electron chi connectivity index (χ1n) is 8.98. The van der Waals surface area contributed by atoms with Gasteiger partial charge in [-0.3, -0.25) is 9.59 Å². The Labute approximate surface area is 161 Å². The van der Waals surface area contributed by atoms with E-state index in [0.717, 1.165) is 5.56 Å². The lowest BCUT2D eigenvalue weighted by molar-refractivity contribution is 0.0192. The molecule has 140 valence electrons. The second-order valence-corrected chi connectivity index (χ2v) is 6.77. The Morgan fingerprint density at radius 2 is 1.33 bits per heavy atom. The summed E-state index contributed by atoms with van der Waals surface area (Å²) in [4.78, 5) is 25.2. The number of rotatable bonds is 7. The molecule has 0 fully saturated rings. The smallest absolute Gasteiger partial charge is 0.193 e. The van der Waals surface area contributed by atoms with Gasteiger partial charge in [-0.1, -0.05) is 66.8 Å². The number of methoxy groups -OCH3 is 1. The van der Waals surface area contributed by atoms with Gasteiger partial charge in [-0.15, -0.1) is 0 Å². The maximum atomic E-state index is 12.7. The summed E-state index contributed by atoms with van der Waals surface area (Å²) in [6.45, 7) is 7.66. The van der Waals surface area contributed by atoms with Crippen molar-refractivity contribution in [3.8, 4) is 0 Å². The number of carbonyl (C=O) groups excluding carboxylic acids is 2. The first-order valence-corrected chi connectivity index (χ1v) is 8.98. The summed E-state index contributed by atoms with van der Waals surface area (Å²) in [5.74, 6) is -0.128. The number of ether oxygens (including phenoxy) is 1. The van der Waals surface area contributed by atoms with E-state index < -0.39 is 5.60 Å². The molecule has 3 heteroatoms. The van der Waals surface area contributed by atoms with Crippen molar-refractivity contribution in [3.05, 3.63) is 94.6 Å². The molecule has 0 bridgehead atoms. The summed E-state index contributed by atoms with van der Waals surface area (Å²) in [6.07, 6.45) is 5.40. The Morgan fingerprint density at radius 3 is 1.78 bits per heavy atom. The monoisotopic (exact) mass is 362 g/mol. The van der Waals surface area contributed by atoms with E-state index in [9.17, 15) is 9.59 Å². The summed E-state index contributed by atoms with van der Waals surface area (Å²) in [7, 11) is 1.66. The molecule has 3 nitrogen and oxygen atoms in total. The van der Waals surface area contributed by atoms with Crippen LogP contribution in [0.2, 0.25) is 0 Å². The van der Waals surface area contributed by atoms with E-state index in [1.807, 2.05) is 58.0 Å². The van der Waals surface area contributed by atoms with Gasteiger partial charge < -0.3 is 4.74 Å². The van der Waals surface area contributed by atoms with E-state index in [2.05, 4.69) is 0 Å². The highest BCUT2D eigenvalue weighted by Crippen LogP contribution is 2.24. The molecule has 0 atom stereocenters. The van der Waals surface area contributed by atoms with Gasteiger partial charge in [0.15, 0.2) is 11.6 Å². The zero-order valence-corrected chi connectivity index (χ0v) is 16.6. The van der Waals surface area contributed by atoms with E-state index in [1.165, 1.54) is 0 Å². The van der Waals surface area contributed by atoms with Gasteiger partial charge in [-0.25, -0.2) is 0 Å². The summed E-state index contributed by atoms with van der Waals surface area (Å²) in [5, 5.41) is 0. The van der Waals surface area contributed by atoms with Crippen LogP contribution in [0.25, 0.3) is 0 Å². The van der Waals surface area contributed by atoms with Crippen LogP contribution in [0.1, 0.15) is 59.5 Å². The molecule has 27 heavy (non-hydrogen) atoms. The number of carbonyl (C=O) groups is 2. The van der Waals surface area contributed by atoms with Gasteiger partial charge >= 0.3 is 0 Å². The number of allylic oxidation sites excluding steroid dienone is 4. The van der Waals surface area contributed by atoms with Gasteiger partial charge in [-0.2, -0.15) is 0 Å². The molecule has 0 heterocycles. The Hall–Kier alpha value is -2.78. The van der Waals surface area contributed by atoms with E-state index in [-0.39, 0.29) is 11.6 Å². The van der Waals surface area contributed by atoms with Crippen molar-refractivity contribution in [2.24, 2.45) is 0 Å². The summed E-state index contributed by atoms with van der Waals surface area (Å²) >= 11 is 0. The fourth-order valence-corrected chi connectivity index (χ4v) is 2.73. The Morgan fingerprint density at radius 1 is 0.852 bits per heavy atom. The van der Waals surface area contributed by atoms with Gasteiger partial charge in [0.1, 0.15) is 0 Å². The first-order chi connectivity index (χ1) is 12.8. The third-order valence-corrected chi connectivity index (χ3v) is 4.68. The van der Waals surface area contributed by atoms with Crippen molar-refractivity contribution in [1.29, 1.82) is 0 Å². The number of ketones is 2. The molecular weight excluding hydrogens is 336 g/mol. The van der Waals surface area contributed by atoms with Crippen LogP contribution in [-0.4, -0.2) is 18.7 Å². The van der Waals surface area contributed by atoms with Crippen molar-refractivity contribution in [2.75, 3.05) is 7.11 Å². The predicted molar refractivity (Wildman–Crippen MR) is 109 cm³/mol. The van der Waals surface area contributed by atoms with Crippen LogP contribution in [0.5, 0.6) is 0 Å². The van der Waals surface area contributed by atoms with Gasteiger partial charge in [0.25, 0.3) is 0 Å². The molecule has 0 aliphatic rings. The normalized spacial score (nSPS) is 12.4. The van der Waals surface area contributed by atoms with E-state index in [0.29, 0.717) is 22.3 Å². The van der Waals surface area contributed by atoms with E-state index >= 15 is 0 Å². The van der Waals surface area contributed by atoms with E-state index in [4.69, 9.17) is 4.74 Å². The van der Waals surface area contributed by atoms with Crippen molar-refractivity contribution in [2.45, 2.75) is 33.3 Å². The SMILES string of the molecule is C/C=C\C(=C/C)C(=O)c1ccc(C(=O)c2ccc(C(C)(C)OC)cc2)cc1. The van der Waals surface area contributed by atoms with Crippen LogP contribution in [0.4, 0.5) is 0 Å². The maximum Gasteiger partial charge on any atom is 0.193 e. The Kier molecular flexibility index (Phi) is 6.65. The van der Waals surface area contributed by atoms with Gasteiger partial charge in [0.05, 0.1) is 5.60 Å². The molecule has 0 N–H and O–H groups in total. The molecule has 2 rings (SSSR count). The highest BCUT2D eigenvalue weighted by Gasteiger charge is 2.20. The summed E-state index contributed by atoms with van der Waals surface area (Å²) in [5.41, 5.74) is 2.96. The van der Waals surface area contributed by atoms with Crippen LogP contribution in [-0.2, 0) is 10.3 Å². The van der Waals surface area contributed by atoms with Crippen molar-refractivity contribution in [3.63, 3.8) is 0 Å². The minimum absolute atomic E-state index is 0.0549.